The van der Waals surface area contributed by atoms with Crippen molar-refractivity contribution in [2.45, 2.75) is 72.9 Å². The maximum Gasteiger partial charge on any atom is 0.0112 e. The van der Waals surface area contributed by atoms with E-state index in [2.05, 4.69) is 65.9 Å². The van der Waals surface area contributed by atoms with E-state index in [4.69, 9.17) is 0 Å². The number of hydrogen-bond donors (Lipinski definition) is 1. The lowest BCUT2D eigenvalue weighted by molar-refractivity contribution is 0.0709. The van der Waals surface area contributed by atoms with Crippen molar-refractivity contribution in [1.82, 2.24) is 10.2 Å². The normalized spacial score (nSPS) is 29.5. The summed E-state index contributed by atoms with van der Waals surface area (Å²) >= 11 is 0. The zero-order chi connectivity index (χ0) is 14.8. The summed E-state index contributed by atoms with van der Waals surface area (Å²) in [6.07, 6.45) is 4.03. The molecule has 0 aliphatic heterocycles. The van der Waals surface area contributed by atoms with Gasteiger partial charge in [0.2, 0.25) is 0 Å². The molecule has 2 nitrogen and oxygen atoms in total. The predicted molar refractivity (Wildman–Crippen MR) is 85.5 cm³/mol. The molecule has 0 bridgehead atoms. The first-order valence-corrected chi connectivity index (χ1v) is 7.94. The molecule has 114 valence electrons. The van der Waals surface area contributed by atoms with E-state index in [1.165, 1.54) is 25.8 Å². The van der Waals surface area contributed by atoms with Crippen LogP contribution in [-0.4, -0.2) is 37.6 Å². The van der Waals surface area contributed by atoms with E-state index in [1.54, 1.807) is 0 Å². The summed E-state index contributed by atoms with van der Waals surface area (Å²) in [7, 11) is 4.42. The molecule has 0 aromatic rings. The highest BCUT2D eigenvalue weighted by Gasteiger charge is 2.36. The van der Waals surface area contributed by atoms with Crippen LogP contribution in [0.3, 0.4) is 0 Å². The van der Waals surface area contributed by atoms with Crippen LogP contribution in [0.1, 0.15) is 60.8 Å². The molecule has 0 amide bonds. The van der Waals surface area contributed by atoms with E-state index >= 15 is 0 Å². The first kappa shape index (κ1) is 17.0. The summed E-state index contributed by atoms with van der Waals surface area (Å²) in [6, 6.07) is 1.32. The molecule has 1 aliphatic rings. The molecule has 3 atom stereocenters. The van der Waals surface area contributed by atoms with E-state index < -0.39 is 0 Å². The van der Waals surface area contributed by atoms with Crippen molar-refractivity contribution >= 4 is 0 Å². The fourth-order valence-corrected chi connectivity index (χ4v) is 3.50. The second-order valence-electron chi connectivity index (χ2n) is 8.54. The minimum absolute atomic E-state index is 0.355. The maximum absolute atomic E-state index is 3.55. The Morgan fingerprint density at radius 2 is 1.89 bits per heavy atom. The first-order chi connectivity index (χ1) is 8.57. The zero-order valence-corrected chi connectivity index (χ0v) is 14.5. The van der Waals surface area contributed by atoms with Gasteiger partial charge in [-0.15, -0.1) is 0 Å². The molecule has 0 aromatic carbocycles. The fourth-order valence-electron chi connectivity index (χ4n) is 3.50. The Labute approximate surface area is 121 Å². The van der Waals surface area contributed by atoms with Crippen LogP contribution in [0.4, 0.5) is 0 Å². The molecule has 0 radical (unpaired) electrons. The Balaban J connectivity index is 2.66. The summed E-state index contributed by atoms with van der Waals surface area (Å²) < 4.78 is 0. The largest absolute Gasteiger partial charge is 0.317 e. The van der Waals surface area contributed by atoms with Crippen molar-refractivity contribution in [3.8, 4) is 0 Å². The summed E-state index contributed by atoms with van der Waals surface area (Å²) in [4.78, 5) is 2.57. The lowest BCUT2D eigenvalue weighted by Gasteiger charge is -2.44. The van der Waals surface area contributed by atoms with Crippen LogP contribution in [0, 0.1) is 16.7 Å². The van der Waals surface area contributed by atoms with Gasteiger partial charge in [-0.2, -0.15) is 0 Å². The summed E-state index contributed by atoms with van der Waals surface area (Å²) in [5.74, 6) is 0.781. The number of rotatable bonds is 4. The van der Waals surface area contributed by atoms with Crippen LogP contribution in [-0.2, 0) is 0 Å². The standard InChI is InChI=1S/C17H36N2/c1-13(16(2,3)4)19(8)12-14-11-17(5,6)10-9-15(14)18-7/h13-15,18H,9-12H2,1-8H3. The van der Waals surface area contributed by atoms with Crippen LogP contribution in [0.25, 0.3) is 0 Å². The van der Waals surface area contributed by atoms with E-state index in [0.717, 1.165) is 5.92 Å². The van der Waals surface area contributed by atoms with Gasteiger partial charge in [0.1, 0.15) is 0 Å². The number of nitrogens with zero attached hydrogens (tertiary/aromatic N) is 1. The van der Waals surface area contributed by atoms with Crippen LogP contribution in [0.15, 0.2) is 0 Å². The van der Waals surface area contributed by atoms with Crippen LogP contribution in [0.5, 0.6) is 0 Å². The molecule has 0 spiro atoms. The van der Waals surface area contributed by atoms with Crippen LogP contribution in [0.2, 0.25) is 0 Å². The minimum Gasteiger partial charge on any atom is -0.317 e. The van der Waals surface area contributed by atoms with Crippen molar-refractivity contribution in [2.24, 2.45) is 16.7 Å². The molecular weight excluding hydrogens is 232 g/mol. The van der Waals surface area contributed by atoms with Crippen molar-refractivity contribution in [2.75, 3.05) is 20.6 Å². The molecule has 2 heteroatoms. The molecule has 0 saturated heterocycles. The van der Waals surface area contributed by atoms with Crippen molar-refractivity contribution in [1.29, 1.82) is 0 Å². The molecule has 1 aliphatic carbocycles. The highest BCUT2D eigenvalue weighted by Crippen LogP contribution is 2.39. The van der Waals surface area contributed by atoms with Gasteiger partial charge in [-0.3, -0.25) is 0 Å². The molecule has 0 heterocycles. The monoisotopic (exact) mass is 268 g/mol. The Morgan fingerprint density at radius 3 is 2.37 bits per heavy atom. The van der Waals surface area contributed by atoms with Gasteiger partial charge in [0.15, 0.2) is 0 Å². The van der Waals surface area contributed by atoms with Gasteiger partial charge >= 0.3 is 0 Å². The van der Waals surface area contributed by atoms with Gasteiger partial charge in [-0.25, -0.2) is 0 Å². The van der Waals surface area contributed by atoms with Gasteiger partial charge in [-0.05, 0) is 57.0 Å². The van der Waals surface area contributed by atoms with Gasteiger partial charge in [0.05, 0.1) is 0 Å². The van der Waals surface area contributed by atoms with E-state index in [9.17, 15) is 0 Å². The van der Waals surface area contributed by atoms with Crippen molar-refractivity contribution in [3.63, 3.8) is 0 Å². The zero-order valence-electron chi connectivity index (χ0n) is 14.5. The number of hydrogen-bond acceptors (Lipinski definition) is 2. The lowest BCUT2D eigenvalue weighted by Crippen LogP contribution is -2.49. The molecular formula is C17H36N2. The average Bonchev–Trinajstić information content (AvgIpc) is 2.26. The Kier molecular flexibility index (Phi) is 5.48. The smallest absolute Gasteiger partial charge is 0.0112 e. The molecule has 0 aromatic heterocycles. The Bertz CT molecular complexity index is 277. The van der Waals surface area contributed by atoms with Gasteiger partial charge in [0, 0.05) is 18.6 Å². The molecule has 19 heavy (non-hydrogen) atoms. The highest BCUT2D eigenvalue weighted by atomic mass is 15.1. The van der Waals surface area contributed by atoms with E-state index in [1.807, 2.05) is 0 Å². The second kappa shape index (κ2) is 6.13. The number of nitrogens with one attached hydrogen (secondary N) is 1. The van der Waals surface area contributed by atoms with Gasteiger partial charge in [0.25, 0.3) is 0 Å². The summed E-state index contributed by atoms with van der Waals surface area (Å²) in [6.45, 7) is 15.5. The van der Waals surface area contributed by atoms with Gasteiger partial charge < -0.3 is 10.2 Å². The predicted octanol–water partition coefficient (Wildman–Crippen LogP) is 3.77. The molecule has 1 fully saturated rings. The molecule has 1 saturated carbocycles. The lowest BCUT2D eigenvalue weighted by atomic mass is 9.69. The first-order valence-electron chi connectivity index (χ1n) is 7.94. The summed E-state index contributed by atoms with van der Waals surface area (Å²) in [5, 5.41) is 3.55. The minimum atomic E-state index is 0.355. The van der Waals surface area contributed by atoms with Crippen molar-refractivity contribution in [3.05, 3.63) is 0 Å². The van der Waals surface area contributed by atoms with E-state index in [-0.39, 0.29) is 0 Å². The quantitative estimate of drug-likeness (QED) is 0.835. The molecule has 1 N–H and O–H groups in total. The van der Waals surface area contributed by atoms with Gasteiger partial charge in [-0.1, -0.05) is 34.6 Å². The van der Waals surface area contributed by atoms with Crippen LogP contribution >= 0.6 is 0 Å². The third-order valence-corrected chi connectivity index (χ3v) is 5.32. The fraction of sp³-hybridized carbons (Fsp3) is 1.00. The molecule has 1 rings (SSSR count). The Morgan fingerprint density at radius 1 is 1.32 bits per heavy atom. The third kappa shape index (κ3) is 4.75. The summed E-state index contributed by atoms with van der Waals surface area (Å²) in [5.41, 5.74) is 0.873. The second-order valence-corrected chi connectivity index (χ2v) is 8.54. The maximum atomic E-state index is 3.55. The van der Waals surface area contributed by atoms with E-state index in [0.29, 0.717) is 22.9 Å². The van der Waals surface area contributed by atoms with Crippen molar-refractivity contribution < 1.29 is 0 Å². The molecule has 3 unspecified atom stereocenters. The van der Waals surface area contributed by atoms with Crippen LogP contribution < -0.4 is 5.32 Å². The topological polar surface area (TPSA) is 15.3 Å². The Hall–Kier alpha value is -0.0800. The average molecular weight is 268 g/mol. The highest BCUT2D eigenvalue weighted by molar-refractivity contribution is 4.90. The third-order valence-electron chi connectivity index (χ3n) is 5.32. The SMILES string of the molecule is CNC1CCC(C)(C)CC1CN(C)C(C)C(C)(C)C.